The van der Waals surface area contributed by atoms with Gasteiger partial charge in [-0.25, -0.2) is 8.78 Å². The Morgan fingerprint density at radius 2 is 1.93 bits per heavy atom. The zero-order chi connectivity index (χ0) is 20.4. The van der Waals surface area contributed by atoms with Crippen molar-refractivity contribution in [2.45, 2.75) is 58.8 Å². The number of hydrogen-bond acceptors (Lipinski definition) is 2. The fourth-order valence-corrected chi connectivity index (χ4v) is 6.72. The van der Waals surface area contributed by atoms with Crippen LogP contribution in [-0.4, -0.2) is 10.7 Å². The first-order valence-electron chi connectivity index (χ1n) is 10.8. The van der Waals surface area contributed by atoms with Crippen LogP contribution in [0.5, 0.6) is 0 Å². The molecule has 4 aliphatic carbocycles. The van der Waals surface area contributed by atoms with Crippen molar-refractivity contribution in [2.24, 2.45) is 22.7 Å². The topological polar surface area (TPSA) is 36.7 Å². The van der Waals surface area contributed by atoms with E-state index in [1.165, 1.54) is 17.3 Å². The molecule has 152 valence electrons. The Morgan fingerprint density at radius 1 is 1.10 bits per heavy atom. The minimum atomic E-state index is -2.49. The summed E-state index contributed by atoms with van der Waals surface area (Å²) in [5, 5.41) is 8.09. The van der Waals surface area contributed by atoms with Crippen LogP contribution in [0.3, 0.4) is 0 Å². The fraction of sp³-hybridized carbons (Fsp3) is 0.520. The third-order valence-corrected chi connectivity index (χ3v) is 8.36. The van der Waals surface area contributed by atoms with Gasteiger partial charge in [-0.15, -0.1) is 0 Å². The predicted molar refractivity (Wildman–Crippen MR) is 112 cm³/mol. The number of fused-ring (bicyclic) bond motifs is 5. The quantitative estimate of drug-likeness (QED) is 0.581. The van der Waals surface area contributed by atoms with E-state index in [-0.39, 0.29) is 16.4 Å². The van der Waals surface area contributed by atoms with Gasteiger partial charge in [0.2, 0.25) is 0 Å². The standard InChI is InChI=1S/C25H28F2N2/c1-24-9-7-18(28)12-17(24)3-4-19-21-6-5-20(25(21,2)10-8-22(19)24)15-11-16(23(26)27)14-29-13-15/h5-6,11-14,19,22-23,28H,3-4,7-10H2,1-2H3/t19-,22-,24-,25+/m0/s1. The number of alkyl halides is 2. The molecule has 5 rings (SSSR count). The molecule has 0 amide bonds. The third-order valence-electron chi connectivity index (χ3n) is 8.36. The van der Waals surface area contributed by atoms with E-state index in [1.54, 1.807) is 12.3 Å². The SMILES string of the molecule is C[C@]12CC[C@H]3[C@@H](CCC4=CC(=N)CC[C@@]43C)C1=CC=C2c1cncc(C(F)F)c1. The van der Waals surface area contributed by atoms with Crippen molar-refractivity contribution in [3.8, 4) is 0 Å². The normalized spacial score (nSPS) is 36.0. The van der Waals surface area contributed by atoms with Crippen molar-refractivity contribution < 1.29 is 8.78 Å². The maximum Gasteiger partial charge on any atom is 0.265 e. The third kappa shape index (κ3) is 2.71. The largest absolute Gasteiger partial charge is 0.305 e. The Balaban J connectivity index is 1.47. The minimum absolute atomic E-state index is 0.00116. The summed E-state index contributed by atoms with van der Waals surface area (Å²) in [6.45, 7) is 4.72. The van der Waals surface area contributed by atoms with Crippen LogP contribution in [0.25, 0.3) is 5.57 Å². The molecule has 1 heterocycles. The maximum absolute atomic E-state index is 13.2. The molecule has 1 aromatic rings. The number of pyridine rings is 1. The lowest BCUT2D eigenvalue weighted by molar-refractivity contribution is 0.0718. The highest BCUT2D eigenvalue weighted by atomic mass is 19.3. The van der Waals surface area contributed by atoms with Crippen LogP contribution < -0.4 is 0 Å². The average molecular weight is 395 g/mol. The summed E-state index contributed by atoms with van der Waals surface area (Å²) in [5.41, 5.74) is 5.87. The van der Waals surface area contributed by atoms with Gasteiger partial charge in [0.1, 0.15) is 0 Å². The molecule has 0 aromatic carbocycles. The summed E-state index contributed by atoms with van der Waals surface area (Å²) in [4.78, 5) is 4.10. The van der Waals surface area contributed by atoms with Crippen LogP contribution in [0, 0.1) is 28.1 Å². The molecule has 0 unspecified atom stereocenters. The van der Waals surface area contributed by atoms with Gasteiger partial charge in [0, 0.05) is 29.1 Å². The second kappa shape index (κ2) is 6.45. The number of hydrogen-bond donors (Lipinski definition) is 1. The van der Waals surface area contributed by atoms with Crippen LogP contribution in [0.15, 0.2) is 47.8 Å². The van der Waals surface area contributed by atoms with Gasteiger partial charge in [-0.3, -0.25) is 4.98 Å². The zero-order valence-electron chi connectivity index (χ0n) is 17.1. The molecular weight excluding hydrogens is 366 g/mol. The molecule has 0 spiro atoms. The number of allylic oxidation sites excluding steroid dienone is 6. The molecule has 29 heavy (non-hydrogen) atoms. The first-order chi connectivity index (χ1) is 13.8. The molecule has 0 aliphatic heterocycles. The highest BCUT2D eigenvalue weighted by Gasteiger charge is 2.54. The molecule has 2 saturated carbocycles. The van der Waals surface area contributed by atoms with Gasteiger partial charge in [-0.05, 0) is 79.1 Å². The van der Waals surface area contributed by atoms with Crippen LogP contribution >= 0.6 is 0 Å². The van der Waals surface area contributed by atoms with Gasteiger partial charge < -0.3 is 5.41 Å². The van der Waals surface area contributed by atoms with E-state index in [1.807, 2.05) is 0 Å². The molecule has 2 nitrogen and oxygen atoms in total. The maximum atomic E-state index is 13.2. The van der Waals surface area contributed by atoms with E-state index >= 15 is 0 Å². The smallest absolute Gasteiger partial charge is 0.265 e. The first kappa shape index (κ1) is 18.9. The second-order valence-corrected chi connectivity index (χ2v) is 9.74. The molecular formula is C25H28F2N2. The van der Waals surface area contributed by atoms with Gasteiger partial charge in [-0.1, -0.05) is 37.1 Å². The van der Waals surface area contributed by atoms with E-state index in [0.717, 1.165) is 55.4 Å². The van der Waals surface area contributed by atoms with E-state index in [9.17, 15) is 8.78 Å². The van der Waals surface area contributed by atoms with Gasteiger partial charge in [0.25, 0.3) is 6.43 Å². The Kier molecular flexibility index (Phi) is 4.20. The van der Waals surface area contributed by atoms with Gasteiger partial charge in [0.15, 0.2) is 0 Å². The van der Waals surface area contributed by atoms with Gasteiger partial charge >= 0.3 is 0 Å². The lowest BCUT2D eigenvalue weighted by Gasteiger charge is -2.56. The Hall–Kier alpha value is -2.10. The number of halogens is 2. The molecule has 4 aliphatic rings. The number of nitrogens with zero attached hydrogens (tertiary/aromatic N) is 1. The highest BCUT2D eigenvalue weighted by molar-refractivity contribution is 5.94. The fourth-order valence-electron chi connectivity index (χ4n) is 6.72. The molecule has 1 N–H and O–H groups in total. The van der Waals surface area contributed by atoms with Crippen molar-refractivity contribution >= 4 is 11.3 Å². The van der Waals surface area contributed by atoms with Crippen molar-refractivity contribution in [3.05, 3.63) is 59.0 Å². The van der Waals surface area contributed by atoms with Crippen LogP contribution in [-0.2, 0) is 0 Å². The van der Waals surface area contributed by atoms with Crippen molar-refractivity contribution in [3.63, 3.8) is 0 Å². The van der Waals surface area contributed by atoms with Crippen molar-refractivity contribution in [2.75, 3.05) is 0 Å². The summed E-state index contributed by atoms with van der Waals surface area (Å²) in [7, 11) is 0. The number of nitrogens with one attached hydrogen (secondary N) is 1. The monoisotopic (exact) mass is 394 g/mol. The number of aromatic nitrogens is 1. The molecule has 0 bridgehead atoms. The lowest BCUT2D eigenvalue weighted by Crippen LogP contribution is -2.46. The molecule has 2 fully saturated rings. The summed E-state index contributed by atoms with van der Waals surface area (Å²) in [5.74, 6) is 1.16. The summed E-state index contributed by atoms with van der Waals surface area (Å²) in [6, 6.07) is 1.62. The van der Waals surface area contributed by atoms with Crippen LogP contribution in [0.2, 0.25) is 0 Å². The summed E-state index contributed by atoms with van der Waals surface area (Å²) >= 11 is 0. The summed E-state index contributed by atoms with van der Waals surface area (Å²) < 4.78 is 26.4. The van der Waals surface area contributed by atoms with Crippen LogP contribution in [0.1, 0.15) is 69.9 Å². The van der Waals surface area contributed by atoms with E-state index in [0.29, 0.717) is 11.8 Å². The van der Waals surface area contributed by atoms with E-state index in [2.05, 4.69) is 37.1 Å². The molecule has 1 aromatic heterocycles. The predicted octanol–water partition coefficient (Wildman–Crippen LogP) is 6.92. The van der Waals surface area contributed by atoms with Crippen molar-refractivity contribution in [1.29, 1.82) is 5.41 Å². The first-order valence-corrected chi connectivity index (χ1v) is 10.8. The Bertz CT molecular complexity index is 973. The highest BCUT2D eigenvalue weighted by Crippen LogP contribution is 2.65. The molecule has 4 heteroatoms. The number of rotatable bonds is 2. The van der Waals surface area contributed by atoms with Gasteiger partial charge in [-0.2, -0.15) is 0 Å². The minimum Gasteiger partial charge on any atom is -0.305 e. The zero-order valence-corrected chi connectivity index (χ0v) is 17.1. The molecule has 0 radical (unpaired) electrons. The lowest BCUT2D eigenvalue weighted by atomic mass is 9.48. The van der Waals surface area contributed by atoms with Crippen molar-refractivity contribution in [1.82, 2.24) is 4.98 Å². The van der Waals surface area contributed by atoms with Gasteiger partial charge in [0.05, 0.1) is 0 Å². The van der Waals surface area contributed by atoms with E-state index < -0.39 is 6.43 Å². The molecule has 0 saturated heterocycles. The molecule has 4 atom stereocenters. The van der Waals surface area contributed by atoms with Crippen LogP contribution in [0.4, 0.5) is 8.78 Å². The Morgan fingerprint density at radius 3 is 2.72 bits per heavy atom. The average Bonchev–Trinajstić information content (AvgIpc) is 3.06. The van der Waals surface area contributed by atoms with E-state index in [4.69, 9.17) is 5.41 Å². The summed E-state index contributed by atoms with van der Waals surface area (Å²) in [6.07, 6.45) is 13.5. The second-order valence-electron chi connectivity index (χ2n) is 9.74. The Labute approximate surface area is 171 Å².